The van der Waals surface area contributed by atoms with Gasteiger partial charge in [0.15, 0.2) is 0 Å². The van der Waals surface area contributed by atoms with Crippen molar-refractivity contribution < 1.29 is 14.2 Å². The summed E-state index contributed by atoms with van der Waals surface area (Å²) >= 11 is 6.07. The quantitative estimate of drug-likeness (QED) is 0.551. The lowest BCUT2D eigenvalue weighted by atomic mass is 9.96. The molecule has 0 aliphatic carbocycles. The molecular weight excluding hydrogens is 400 g/mol. The topological polar surface area (TPSA) is 43.3 Å². The van der Waals surface area contributed by atoms with Crippen LogP contribution in [0.25, 0.3) is 0 Å². The van der Waals surface area contributed by atoms with E-state index in [0.717, 1.165) is 40.3 Å². The van der Waals surface area contributed by atoms with E-state index in [1.807, 2.05) is 65.7 Å². The van der Waals surface area contributed by atoms with Crippen molar-refractivity contribution in [2.75, 3.05) is 14.2 Å². The highest BCUT2D eigenvalue weighted by Gasteiger charge is 2.41. The molecule has 0 aromatic heterocycles. The first kappa shape index (κ1) is 18.8. The zero-order valence-electron chi connectivity index (χ0n) is 16.7. The molecule has 5 nitrogen and oxygen atoms in total. The number of rotatable bonds is 4. The molecule has 3 aromatic carbocycles. The Labute approximate surface area is 180 Å². The number of hydrogen-bond acceptors (Lipinski definition) is 5. The highest BCUT2D eigenvalue weighted by Crippen LogP contribution is 2.49. The van der Waals surface area contributed by atoms with E-state index in [2.05, 4.69) is 6.07 Å². The third kappa shape index (κ3) is 3.15. The van der Waals surface area contributed by atoms with E-state index in [0.29, 0.717) is 10.8 Å². The lowest BCUT2D eigenvalue weighted by Crippen LogP contribution is -2.33. The van der Waals surface area contributed by atoms with Gasteiger partial charge in [0.2, 0.25) is 6.23 Å². The van der Waals surface area contributed by atoms with E-state index in [9.17, 15) is 0 Å². The Hall–Kier alpha value is -3.18. The number of hydrazone groups is 1. The van der Waals surface area contributed by atoms with Crippen LogP contribution >= 0.6 is 11.6 Å². The predicted molar refractivity (Wildman–Crippen MR) is 117 cm³/mol. The van der Waals surface area contributed by atoms with E-state index in [-0.39, 0.29) is 6.04 Å². The standard InChI is InChI=1S/C24H21ClN2O3/c1-28-17-11-12-19(23(13-17)29-2)24-27-21(18-5-3-4-6-22(18)30-24)14-20(26-27)15-7-9-16(25)10-8-15/h3-13,21,24H,14H2,1-2H3/t21-,24-/m1/s1. The highest BCUT2D eigenvalue weighted by atomic mass is 35.5. The first-order chi connectivity index (χ1) is 14.7. The fourth-order valence-corrected chi connectivity index (χ4v) is 4.20. The molecule has 152 valence electrons. The van der Waals surface area contributed by atoms with Crippen LogP contribution in [0.5, 0.6) is 17.2 Å². The second-order valence-electron chi connectivity index (χ2n) is 7.27. The van der Waals surface area contributed by atoms with Gasteiger partial charge in [0.1, 0.15) is 17.2 Å². The molecule has 30 heavy (non-hydrogen) atoms. The molecule has 6 heteroatoms. The number of para-hydroxylation sites is 1. The maximum atomic E-state index is 6.43. The number of methoxy groups -OCH3 is 2. The normalized spacial score (nSPS) is 19.4. The summed E-state index contributed by atoms with van der Waals surface area (Å²) in [5.41, 5.74) is 4.11. The predicted octanol–water partition coefficient (Wildman–Crippen LogP) is 5.60. The highest BCUT2D eigenvalue weighted by molar-refractivity contribution is 6.30. The van der Waals surface area contributed by atoms with Crippen LogP contribution < -0.4 is 14.2 Å². The van der Waals surface area contributed by atoms with Gasteiger partial charge in [-0.05, 0) is 35.9 Å². The van der Waals surface area contributed by atoms with Crippen LogP contribution in [-0.2, 0) is 0 Å². The van der Waals surface area contributed by atoms with Gasteiger partial charge in [-0.3, -0.25) is 0 Å². The molecular formula is C24H21ClN2O3. The third-order valence-corrected chi connectivity index (χ3v) is 5.84. The molecule has 0 saturated carbocycles. The Morgan fingerprint density at radius 2 is 1.77 bits per heavy atom. The number of nitrogens with zero attached hydrogens (tertiary/aromatic N) is 2. The SMILES string of the molecule is COc1ccc([C@H]2Oc3ccccc3[C@H]3CC(c4ccc(Cl)cc4)=NN32)c(OC)c1. The second kappa shape index (κ2) is 7.58. The summed E-state index contributed by atoms with van der Waals surface area (Å²) in [4.78, 5) is 0. The maximum Gasteiger partial charge on any atom is 0.217 e. The molecule has 0 unspecified atom stereocenters. The molecule has 2 heterocycles. The molecule has 0 saturated heterocycles. The third-order valence-electron chi connectivity index (χ3n) is 5.58. The molecule has 2 aliphatic rings. The van der Waals surface area contributed by atoms with Gasteiger partial charge in [-0.2, -0.15) is 5.10 Å². The minimum Gasteiger partial charge on any atom is -0.497 e. The van der Waals surface area contributed by atoms with Gasteiger partial charge in [-0.1, -0.05) is 41.9 Å². The van der Waals surface area contributed by atoms with Crippen molar-refractivity contribution in [2.24, 2.45) is 5.10 Å². The lowest BCUT2D eigenvalue weighted by molar-refractivity contribution is -0.0203. The molecule has 5 rings (SSSR count). The summed E-state index contributed by atoms with van der Waals surface area (Å²) in [7, 11) is 3.29. The van der Waals surface area contributed by atoms with Gasteiger partial charge in [0.25, 0.3) is 0 Å². The minimum atomic E-state index is -0.407. The van der Waals surface area contributed by atoms with E-state index >= 15 is 0 Å². The molecule has 0 radical (unpaired) electrons. The van der Waals surface area contributed by atoms with Gasteiger partial charge in [-0.15, -0.1) is 0 Å². The zero-order chi connectivity index (χ0) is 20.7. The summed E-state index contributed by atoms with van der Waals surface area (Å²) in [6.07, 6.45) is 0.382. The van der Waals surface area contributed by atoms with Crippen LogP contribution in [0.1, 0.15) is 35.4 Å². The molecule has 0 N–H and O–H groups in total. The first-order valence-corrected chi connectivity index (χ1v) is 10.1. The van der Waals surface area contributed by atoms with Crippen LogP contribution in [0.15, 0.2) is 71.8 Å². The van der Waals surface area contributed by atoms with Gasteiger partial charge in [0.05, 0.1) is 31.5 Å². The van der Waals surface area contributed by atoms with Gasteiger partial charge >= 0.3 is 0 Å². The number of halogens is 1. The van der Waals surface area contributed by atoms with Crippen LogP contribution in [0.3, 0.4) is 0 Å². The number of hydrogen-bond donors (Lipinski definition) is 0. The van der Waals surface area contributed by atoms with Crippen molar-refractivity contribution in [3.63, 3.8) is 0 Å². The van der Waals surface area contributed by atoms with Crippen LogP contribution in [-0.4, -0.2) is 24.9 Å². The second-order valence-corrected chi connectivity index (χ2v) is 7.71. The van der Waals surface area contributed by atoms with Gasteiger partial charge in [-0.25, -0.2) is 5.01 Å². The summed E-state index contributed by atoms with van der Waals surface area (Å²) in [6.45, 7) is 0. The summed E-state index contributed by atoms with van der Waals surface area (Å²) in [5.74, 6) is 2.30. The van der Waals surface area contributed by atoms with Crippen molar-refractivity contribution in [3.05, 3.63) is 88.4 Å². The van der Waals surface area contributed by atoms with E-state index in [1.165, 1.54) is 0 Å². The fourth-order valence-electron chi connectivity index (χ4n) is 4.08. The van der Waals surface area contributed by atoms with Crippen molar-refractivity contribution in [3.8, 4) is 17.2 Å². The summed E-state index contributed by atoms with van der Waals surface area (Å²) in [5, 5.41) is 7.73. The minimum absolute atomic E-state index is 0.0810. The molecule has 0 bridgehead atoms. The van der Waals surface area contributed by atoms with Crippen molar-refractivity contribution in [2.45, 2.75) is 18.7 Å². The van der Waals surface area contributed by atoms with Crippen LogP contribution in [0, 0.1) is 0 Å². The molecule has 3 aromatic rings. The zero-order valence-corrected chi connectivity index (χ0v) is 17.5. The average molecular weight is 421 g/mol. The van der Waals surface area contributed by atoms with Gasteiger partial charge in [0, 0.05) is 23.1 Å². The Morgan fingerprint density at radius 1 is 0.967 bits per heavy atom. The Kier molecular flexibility index (Phi) is 4.75. The molecule has 0 fully saturated rings. The summed E-state index contributed by atoms with van der Waals surface area (Å²) in [6, 6.07) is 21.8. The Balaban J connectivity index is 1.60. The van der Waals surface area contributed by atoms with E-state index < -0.39 is 6.23 Å². The Bertz CT molecular complexity index is 1110. The smallest absolute Gasteiger partial charge is 0.217 e. The van der Waals surface area contributed by atoms with Crippen molar-refractivity contribution in [1.82, 2.24) is 5.01 Å². The number of ether oxygens (including phenoxy) is 3. The van der Waals surface area contributed by atoms with Crippen LogP contribution in [0.4, 0.5) is 0 Å². The number of benzene rings is 3. The van der Waals surface area contributed by atoms with Gasteiger partial charge < -0.3 is 14.2 Å². The van der Waals surface area contributed by atoms with Crippen molar-refractivity contribution >= 4 is 17.3 Å². The first-order valence-electron chi connectivity index (χ1n) is 9.77. The van der Waals surface area contributed by atoms with E-state index in [4.69, 9.17) is 30.9 Å². The Morgan fingerprint density at radius 3 is 2.53 bits per heavy atom. The van der Waals surface area contributed by atoms with Crippen molar-refractivity contribution in [1.29, 1.82) is 0 Å². The average Bonchev–Trinajstić information content (AvgIpc) is 3.24. The number of fused-ring (bicyclic) bond motifs is 3. The molecule has 0 spiro atoms. The molecule has 2 aliphatic heterocycles. The maximum absolute atomic E-state index is 6.43. The summed E-state index contributed by atoms with van der Waals surface area (Å²) < 4.78 is 17.4. The fraction of sp³-hybridized carbons (Fsp3) is 0.208. The monoisotopic (exact) mass is 420 g/mol. The van der Waals surface area contributed by atoms with E-state index in [1.54, 1.807) is 14.2 Å². The largest absolute Gasteiger partial charge is 0.497 e. The lowest BCUT2D eigenvalue weighted by Gasteiger charge is -2.38. The molecule has 0 amide bonds. The molecule has 2 atom stereocenters. The van der Waals surface area contributed by atoms with Crippen LogP contribution in [0.2, 0.25) is 5.02 Å².